The molecular formula is C19H16Cl2N4O. The maximum absolute atomic E-state index is 12.9. The molecular weight excluding hydrogens is 371 g/mol. The molecule has 0 saturated heterocycles. The molecule has 3 rings (SSSR count). The van der Waals surface area contributed by atoms with E-state index >= 15 is 0 Å². The Balaban J connectivity index is 1.86. The summed E-state index contributed by atoms with van der Waals surface area (Å²) in [4.78, 5) is 23.0. The molecule has 132 valence electrons. The van der Waals surface area contributed by atoms with Gasteiger partial charge in [-0.2, -0.15) is 0 Å². The Labute approximate surface area is 161 Å². The van der Waals surface area contributed by atoms with E-state index in [2.05, 4.69) is 15.3 Å². The minimum Gasteiger partial charge on any atom is -0.323 e. The first-order chi connectivity index (χ1) is 12.6. The first-order valence-corrected chi connectivity index (χ1v) is 8.76. The monoisotopic (exact) mass is 386 g/mol. The minimum absolute atomic E-state index is 0.207. The maximum atomic E-state index is 12.9. The summed E-state index contributed by atoms with van der Waals surface area (Å²) in [6.07, 6.45) is 1.53. The highest BCUT2D eigenvalue weighted by Crippen LogP contribution is 2.30. The summed E-state index contributed by atoms with van der Waals surface area (Å²) in [5.74, 6) is 0.0606. The van der Waals surface area contributed by atoms with Crippen molar-refractivity contribution in [3.63, 3.8) is 0 Å². The van der Waals surface area contributed by atoms with Crippen molar-refractivity contribution in [3.05, 3.63) is 76.5 Å². The Morgan fingerprint density at radius 3 is 2.58 bits per heavy atom. The van der Waals surface area contributed by atoms with Gasteiger partial charge in [-0.25, -0.2) is 9.97 Å². The molecule has 1 aromatic heterocycles. The van der Waals surface area contributed by atoms with E-state index in [9.17, 15) is 4.79 Å². The molecule has 0 saturated carbocycles. The second kappa shape index (κ2) is 8.17. The van der Waals surface area contributed by atoms with Gasteiger partial charge in [0, 0.05) is 18.4 Å². The van der Waals surface area contributed by atoms with Crippen molar-refractivity contribution in [1.29, 1.82) is 0 Å². The molecule has 0 aliphatic carbocycles. The van der Waals surface area contributed by atoms with Gasteiger partial charge in [-0.15, -0.1) is 0 Å². The molecule has 0 spiro atoms. The van der Waals surface area contributed by atoms with Crippen LogP contribution in [0.1, 0.15) is 17.4 Å². The number of anilines is 3. The van der Waals surface area contributed by atoms with Gasteiger partial charge in [-0.05, 0) is 37.3 Å². The quantitative estimate of drug-likeness (QED) is 0.654. The van der Waals surface area contributed by atoms with Crippen LogP contribution in [0.4, 0.5) is 17.3 Å². The second-order valence-corrected chi connectivity index (χ2v) is 6.16. The van der Waals surface area contributed by atoms with Gasteiger partial charge in [-0.1, -0.05) is 47.5 Å². The van der Waals surface area contributed by atoms with Crippen molar-refractivity contribution in [1.82, 2.24) is 9.97 Å². The number of carbonyl (C=O) groups excluding carboxylic acids is 1. The summed E-state index contributed by atoms with van der Waals surface area (Å²) in [6, 6.07) is 16.2. The molecule has 1 N–H and O–H groups in total. The number of nitrogens with one attached hydrogen (secondary N) is 1. The molecule has 26 heavy (non-hydrogen) atoms. The molecule has 0 atom stereocenters. The van der Waals surface area contributed by atoms with Gasteiger partial charge in [-0.3, -0.25) is 4.79 Å². The minimum atomic E-state index is -0.207. The zero-order chi connectivity index (χ0) is 18.5. The highest BCUT2D eigenvalue weighted by molar-refractivity contribution is 6.43. The van der Waals surface area contributed by atoms with Gasteiger partial charge in [0.15, 0.2) is 0 Å². The van der Waals surface area contributed by atoms with Crippen LogP contribution in [0.25, 0.3) is 0 Å². The average molecular weight is 387 g/mol. The topological polar surface area (TPSA) is 58.1 Å². The highest BCUT2D eigenvalue weighted by Gasteiger charge is 2.18. The maximum Gasteiger partial charge on any atom is 0.277 e. The third-order valence-electron chi connectivity index (χ3n) is 3.70. The summed E-state index contributed by atoms with van der Waals surface area (Å²) in [5.41, 5.74) is 1.66. The molecule has 5 nitrogen and oxygen atoms in total. The molecule has 2 aromatic carbocycles. The summed E-state index contributed by atoms with van der Waals surface area (Å²) < 4.78 is 0. The predicted molar refractivity (Wildman–Crippen MR) is 106 cm³/mol. The van der Waals surface area contributed by atoms with Crippen LogP contribution in [0.2, 0.25) is 10.0 Å². The molecule has 0 aliphatic heterocycles. The number of carbonyl (C=O) groups is 1. The van der Waals surface area contributed by atoms with Crippen LogP contribution in [0.15, 0.2) is 60.8 Å². The summed E-state index contributed by atoms with van der Waals surface area (Å²) in [7, 11) is 0. The Hall–Kier alpha value is -2.63. The fraction of sp³-hybridized carbons (Fsp3) is 0.105. The number of aromatic nitrogens is 2. The second-order valence-electron chi connectivity index (χ2n) is 5.38. The third kappa shape index (κ3) is 3.95. The Bertz CT molecular complexity index is 918. The van der Waals surface area contributed by atoms with Gasteiger partial charge in [0.2, 0.25) is 5.95 Å². The van der Waals surface area contributed by atoms with Crippen LogP contribution in [-0.4, -0.2) is 22.4 Å². The average Bonchev–Trinajstić information content (AvgIpc) is 2.67. The lowest BCUT2D eigenvalue weighted by Crippen LogP contribution is -2.31. The van der Waals surface area contributed by atoms with Crippen LogP contribution >= 0.6 is 23.2 Å². The van der Waals surface area contributed by atoms with Gasteiger partial charge < -0.3 is 10.2 Å². The number of amides is 1. The van der Waals surface area contributed by atoms with E-state index in [0.717, 1.165) is 5.69 Å². The number of halogens is 2. The van der Waals surface area contributed by atoms with E-state index in [0.29, 0.717) is 22.3 Å². The van der Waals surface area contributed by atoms with Crippen LogP contribution in [-0.2, 0) is 0 Å². The fourth-order valence-electron chi connectivity index (χ4n) is 2.45. The highest BCUT2D eigenvalue weighted by atomic mass is 35.5. The number of hydrogen-bond donors (Lipinski definition) is 1. The first kappa shape index (κ1) is 18.2. The van der Waals surface area contributed by atoms with E-state index in [-0.39, 0.29) is 17.5 Å². The molecule has 1 amide bonds. The Morgan fingerprint density at radius 1 is 1.08 bits per heavy atom. The molecule has 0 fully saturated rings. The fourth-order valence-corrected chi connectivity index (χ4v) is 2.80. The zero-order valence-electron chi connectivity index (χ0n) is 14.0. The largest absolute Gasteiger partial charge is 0.323 e. The van der Waals surface area contributed by atoms with Crippen molar-refractivity contribution < 1.29 is 4.79 Å². The van der Waals surface area contributed by atoms with Gasteiger partial charge >= 0.3 is 0 Å². The molecule has 0 aliphatic rings. The van der Waals surface area contributed by atoms with Crippen LogP contribution in [0.3, 0.4) is 0 Å². The third-order valence-corrected chi connectivity index (χ3v) is 4.52. The first-order valence-electron chi connectivity index (χ1n) is 8.01. The van der Waals surface area contributed by atoms with E-state index in [1.54, 1.807) is 29.2 Å². The standard InChI is InChI=1S/C19H16Cl2N4O/c1-2-25(13-7-4-3-5-8-13)18(26)16-11-12-22-19(24-16)23-15-10-6-9-14(20)17(15)21/h3-12H,2H2,1H3,(H,22,23,24). The smallest absolute Gasteiger partial charge is 0.277 e. The summed E-state index contributed by atoms with van der Waals surface area (Å²) in [5, 5.41) is 3.79. The zero-order valence-corrected chi connectivity index (χ0v) is 15.5. The number of benzene rings is 2. The van der Waals surface area contributed by atoms with Crippen LogP contribution < -0.4 is 10.2 Å². The van der Waals surface area contributed by atoms with Crippen molar-refractivity contribution >= 4 is 46.4 Å². The van der Waals surface area contributed by atoms with Crippen LogP contribution in [0.5, 0.6) is 0 Å². The number of nitrogens with zero attached hydrogens (tertiary/aromatic N) is 3. The summed E-state index contributed by atoms with van der Waals surface area (Å²) >= 11 is 12.2. The lowest BCUT2D eigenvalue weighted by Gasteiger charge is -2.20. The van der Waals surface area contributed by atoms with E-state index in [4.69, 9.17) is 23.2 Å². The number of rotatable bonds is 5. The van der Waals surface area contributed by atoms with Gasteiger partial charge in [0.1, 0.15) is 5.69 Å². The van der Waals surface area contributed by atoms with E-state index in [1.165, 1.54) is 6.20 Å². The Kier molecular flexibility index (Phi) is 5.71. The lowest BCUT2D eigenvalue weighted by atomic mass is 10.2. The van der Waals surface area contributed by atoms with Crippen molar-refractivity contribution in [3.8, 4) is 0 Å². The molecule has 7 heteroatoms. The van der Waals surface area contributed by atoms with E-state index in [1.807, 2.05) is 37.3 Å². The van der Waals surface area contributed by atoms with Crippen molar-refractivity contribution in [2.45, 2.75) is 6.92 Å². The van der Waals surface area contributed by atoms with Crippen molar-refractivity contribution in [2.75, 3.05) is 16.8 Å². The van der Waals surface area contributed by atoms with Gasteiger partial charge in [0.05, 0.1) is 15.7 Å². The molecule has 0 bridgehead atoms. The van der Waals surface area contributed by atoms with Crippen molar-refractivity contribution in [2.24, 2.45) is 0 Å². The number of hydrogen-bond acceptors (Lipinski definition) is 4. The van der Waals surface area contributed by atoms with Crippen LogP contribution in [0, 0.1) is 0 Å². The Morgan fingerprint density at radius 2 is 1.85 bits per heavy atom. The van der Waals surface area contributed by atoms with Gasteiger partial charge in [0.25, 0.3) is 5.91 Å². The molecule has 0 unspecified atom stereocenters. The van der Waals surface area contributed by atoms with E-state index < -0.39 is 0 Å². The molecule has 3 aromatic rings. The molecule has 1 heterocycles. The predicted octanol–water partition coefficient (Wildman–Crippen LogP) is 5.19. The SMILES string of the molecule is CCN(C(=O)c1ccnc(Nc2cccc(Cl)c2Cl)n1)c1ccccc1. The molecule has 0 radical (unpaired) electrons. The normalized spacial score (nSPS) is 10.4. The summed E-state index contributed by atoms with van der Waals surface area (Å²) in [6.45, 7) is 2.44. The number of para-hydroxylation sites is 1. The lowest BCUT2D eigenvalue weighted by molar-refractivity contribution is 0.0983.